The third-order valence-corrected chi connectivity index (χ3v) is 6.67. The predicted molar refractivity (Wildman–Crippen MR) is 108 cm³/mol. The van der Waals surface area contributed by atoms with Crippen LogP contribution in [0.1, 0.15) is 24.2 Å². The molecule has 1 heterocycles. The Kier molecular flexibility index (Phi) is 6.28. The van der Waals surface area contributed by atoms with Crippen LogP contribution in [0.5, 0.6) is 11.5 Å². The number of fused-ring (bicyclic) bond motifs is 1. The van der Waals surface area contributed by atoms with Crippen LogP contribution in [-0.2, 0) is 14.8 Å². The van der Waals surface area contributed by atoms with Crippen molar-refractivity contribution in [2.75, 3.05) is 13.7 Å². The van der Waals surface area contributed by atoms with Gasteiger partial charge in [0.05, 0.1) is 4.90 Å². The first-order chi connectivity index (χ1) is 14.2. The van der Waals surface area contributed by atoms with Gasteiger partial charge in [0.15, 0.2) is 11.5 Å². The van der Waals surface area contributed by atoms with Gasteiger partial charge in [-0.3, -0.25) is 20.4 Å². The Labute approximate surface area is 175 Å². The molecular weight excluding hydrogens is 410 g/mol. The summed E-state index contributed by atoms with van der Waals surface area (Å²) in [4.78, 5) is 24.6. The maximum atomic E-state index is 12.5. The van der Waals surface area contributed by atoms with E-state index < -0.39 is 27.9 Å². The van der Waals surface area contributed by atoms with E-state index in [2.05, 4.69) is 10.9 Å². The summed E-state index contributed by atoms with van der Waals surface area (Å²) in [5, 5.41) is 0. The van der Waals surface area contributed by atoms with Crippen LogP contribution in [0.15, 0.2) is 53.4 Å². The van der Waals surface area contributed by atoms with Crippen molar-refractivity contribution in [2.45, 2.75) is 30.9 Å². The van der Waals surface area contributed by atoms with Crippen molar-refractivity contribution in [3.05, 3.63) is 54.1 Å². The minimum Gasteiger partial charge on any atom is -0.485 e. The zero-order chi connectivity index (χ0) is 21.9. The summed E-state index contributed by atoms with van der Waals surface area (Å²) >= 11 is 0. The van der Waals surface area contributed by atoms with Crippen LogP contribution in [0.3, 0.4) is 0 Å². The van der Waals surface area contributed by atoms with Crippen LogP contribution in [0.4, 0.5) is 0 Å². The zero-order valence-corrected chi connectivity index (χ0v) is 17.6. The highest BCUT2D eigenvalue weighted by Gasteiger charge is 2.28. The largest absolute Gasteiger partial charge is 0.485 e. The van der Waals surface area contributed by atoms with Gasteiger partial charge < -0.3 is 9.47 Å². The van der Waals surface area contributed by atoms with Gasteiger partial charge in [-0.25, -0.2) is 8.42 Å². The summed E-state index contributed by atoms with van der Waals surface area (Å²) in [5.74, 6) is -0.181. The Hall–Kier alpha value is -3.11. The van der Waals surface area contributed by atoms with Gasteiger partial charge in [0.1, 0.15) is 6.61 Å². The van der Waals surface area contributed by atoms with E-state index in [-0.39, 0.29) is 23.1 Å². The summed E-state index contributed by atoms with van der Waals surface area (Å²) < 4.78 is 37.2. The lowest BCUT2D eigenvalue weighted by Crippen LogP contribution is -2.50. The number of amides is 2. The second kappa shape index (κ2) is 8.72. The number of hydrazine groups is 1. The van der Waals surface area contributed by atoms with Gasteiger partial charge in [0.2, 0.25) is 16.1 Å². The SMILES string of the molecule is CC(C)N(C)S(=O)(=O)c1ccc(C(=O)NNC(=O)C2COc3ccccc3O2)cc1. The highest BCUT2D eigenvalue weighted by molar-refractivity contribution is 7.89. The Morgan fingerprint density at radius 1 is 1.03 bits per heavy atom. The molecular formula is C20H23N3O6S. The first kappa shape index (κ1) is 21.6. The van der Waals surface area contributed by atoms with Gasteiger partial charge >= 0.3 is 0 Å². The minimum absolute atomic E-state index is 0.00857. The average molecular weight is 433 g/mol. The fraction of sp³-hybridized carbons (Fsp3) is 0.300. The molecule has 0 saturated heterocycles. The monoisotopic (exact) mass is 433 g/mol. The molecule has 1 aliphatic heterocycles. The molecule has 0 aromatic heterocycles. The van der Waals surface area contributed by atoms with Gasteiger partial charge in [-0.15, -0.1) is 0 Å². The number of ether oxygens (including phenoxy) is 2. The summed E-state index contributed by atoms with van der Waals surface area (Å²) in [7, 11) is -2.15. The number of hydrogen-bond acceptors (Lipinski definition) is 6. The lowest BCUT2D eigenvalue weighted by molar-refractivity contribution is -0.131. The fourth-order valence-corrected chi connectivity index (χ4v) is 4.01. The molecule has 0 radical (unpaired) electrons. The van der Waals surface area contributed by atoms with E-state index in [0.717, 1.165) is 0 Å². The number of para-hydroxylation sites is 2. The van der Waals surface area contributed by atoms with E-state index in [1.165, 1.54) is 35.6 Å². The molecule has 3 rings (SSSR count). The number of rotatable bonds is 5. The van der Waals surface area contributed by atoms with E-state index in [1.807, 2.05) is 0 Å². The third kappa shape index (κ3) is 4.55. The van der Waals surface area contributed by atoms with Crippen LogP contribution in [-0.4, -0.2) is 50.3 Å². The first-order valence-corrected chi connectivity index (χ1v) is 10.7. The van der Waals surface area contributed by atoms with Crippen molar-refractivity contribution in [2.24, 2.45) is 0 Å². The van der Waals surface area contributed by atoms with Crippen LogP contribution >= 0.6 is 0 Å². The number of carbonyl (C=O) groups is 2. The molecule has 160 valence electrons. The third-order valence-electron chi connectivity index (χ3n) is 4.62. The molecule has 0 aliphatic carbocycles. The Balaban J connectivity index is 1.58. The molecule has 2 N–H and O–H groups in total. The number of sulfonamides is 1. The zero-order valence-electron chi connectivity index (χ0n) is 16.8. The molecule has 0 spiro atoms. The molecule has 0 saturated carbocycles. The van der Waals surface area contributed by atoms with Gasteiger partial charge in [0.25, 0.3) is 11.8 Å². The fourth-order valence-electron chi connectivity index (χ4n) is 2.64. The summed E-state index contributed by atoms with van der Waals surface area (Å²) in [6, 6.07) is 12.2. The minimum atomic E-state index is -3.64. The molecule has 10 heteroatoms. The van der Waals surface area contributed by atoms with Crippen molar-refractivity contribution < 1.29 is 27.5 Å². The van der Waals surface area contributed by atoms with E-state index in [1.54, 1.807) is 38.1 Å². The van der Waals surface area contributed by atoms with Crippen LogP contribution < -0.4 is 20.3 Å². The normalized spacial score (nSPS) is 15.7. The topological polar surface area (TPSA) is 114 Å². The van der Waals surface area contributed by atoms with Gasteiger partial charge in [-0.2, -0.15) is 4.31 Å². The molecule has 2 aromatic carbocycles. The first-order valence-electron chi connectivity index (χ1n) is 9.27. The van der Waals surface area contributed by atoms with E-state index in [9.17, 15) is 18.0 Å². The van der Waals surface area contributed by atoms with Crippen molar-refractivity contribution in [1.82, 2.24) is 15.2 Å². The van der Waals surface area contributed by atoms with E-state index >= 15 is 0 Å². The number of benzene rings is 2. The standard InChI is InChI=1S/C20H23N3O6S/c1-13(2)23(3)30(26,27)15-10-8-14(9-11-15)19(24)21-22-20(25)18-12-28-16-6-4-5-7-17(16)29-18/h4-11,13,18H,12H2,1-3H3,(H,21,24)(H,22,25). The molecule has 2 aromatic rings. The van der Waals surface area contributed by atoms with Crippen LogP contribution in [0, 0.1) is 0 Å². The van der Waals surface area contributed by atoms with Crippen molar-refractivity contribution in [1.29, 1.82) is 0 Å². The Morgan fingerprint density at radius 3 is 2.30 bits per heavy atom. The Bertz CT molecular complexity index is 1040. The second-order valence-electron chi connectivity index (χ2n) is 6.95. The molecule has 30 heavy (non-hydrogen) atoms. The highest BCUT2D eigenvalue weighted by atomic mass is 32.2. The lowest BCUT2D eigenvalue weighted by Gasteiger charge is -2.25. The molecule has 2 amide bonds. The molecule has 1 aliphatic rings. The average Bonchev–Trinajstić information content (AvgIpc) is 2.76. The van der Waals surface area contributed by atoms with Gasteiger partial charge in [-0.1, -0.05) is 12.1 Å². The van der Waals surface area contributed by atoms with Gasteiger partial charge in [0, 0.05) is 18.7 Å². The van der Waals surface area contributed by atoms with Crippen LogP contribution in [0.2, 0.25) is 0 Å². The molecule has 9 nitrogen and oxygen atoms in total. The maximum Gasteiger partial charge on any atom is 0.283 e. The number of hydrogen-bond donors (Lipinski definition) is 2. The maximum absolute atomic E-state index is 12.5. The predicted octanol–water partition coefficient (Wildman–Crippen LogP) is 1.32. The highest BCUT2D eigenvalue weighted by Crippen LogP contribution is 2.30. The molecule has 0 bridgehead atoms. The Morgan fingerprint density at radius 2 is 1.67 bits per heavy atom. The molecule has 0 fully saturated rings. The molecule has 1 unspecified atom stereocenters. The number of nitrogens with one attached hydrogen (secondary N) is 2. The number of nitrogens with zero attached hydrogens (tertiary/aromatic N) is 1. The summed E-state index contributed by atoms with van der Waals surface area (Å²) in [5.41, 5.74) is 4.76. The van der Waals surface area contributed by atoms with Crippen LogP contribution in [0.25, 0.3) is 0 Å². The van der Waals surface area contributed by atoms with Crippen molar-refractivity contribution in [3.8, 4) is 11.5 Å². The second-order valence-corrected chi connectivity index (χ2v) is 8.94. The van der Waals surface area contributed by atoms with E-state index in [0.29, 0.717) is 11.5 Å². The number of carbonyl (C=O) groups excluding carboxylic acids is 2. The van der Waals surface area contributed by atoms with Gasteiger partial charge in [-0.05, 0) is 50.2 Å². The molecule has 1 atom stereocenters. The smallest absolute Gasteiger partial charge is 0.283 e. The quantitative estimate of drug-likeness (QED) is 0.688. The van der Waals surface area contributed by atoms with Crippen molar-refractivity contribution >= 4 is 21.8 Å². The summed E-state index contributed by atoms with van der Waals surface area (Å²) in [6.45, 7) is 3.54. The van der Waals surface area contributed by atoms with Crippen molar-refractivity contribution in [3.63, 3.8) is 0 Å². The summed E-state index contributed by atoms with van der Waals surface area (Å²) in [6.07, 6.45) is -0.917. The lowest BCUT2D eigenvalue weighted by atomic mass is 10.2. The van der Waals surface area contributed by atoms with E-state index in [4.69, 9.17) is 9.47 Å².